The molecule has 1 aliphatic heterocycles. The molecule has 0 radical (unpaired) electrons. The van der Waals surface area contributed by atoms with Crippen LogP contribution in [0.15, 0.2) is 48.8 Å². The fourth-order valence-corrected chi connectivity index (χ4v) is 4.63. The molecule has 1 saturated heterocycles. The molecule has 1 amide bonds. The Hall–Kier alpha value is -2.14. The molecule has 5 nitrogen and oxygen atoms in total. The van der Waals surface area contributed by atoms with E-state index in [0.29, 0.717) is 6.04 Å². The van der Waals surface area contributed by atoms with E-state index >= 15 is 0 Å². The van der Waals surface area contributed by atoms with Gasteiger partial charge < -0.3 is 5.32 Å². The first-order chi connectivity index (χ1) is 13.3. The Labute approximate surface area is 161 Å². The Morgan fingerprint density at radius 2 is 1.81 bits per heavy atom. The average molecular weight is 367 g/mol. The first kappa shape index (κ1) is 18.2. The number of carbonyl (C=O) groups is 1. The second kappa shape index (κ2) is 8.70. The molecule has 2 atom stereocenters. The van der Waals surface area contributed by atoms with Crippen molar-refractivity contribution >= 4 is 5.91 Å². The van der Waals surface area contributed by atoms with Gasteiger partial charge in [0.25, 0.3) is 0 Å². The van der Waals surface area contributed by atoms with Crippen molar-refractivity contribution in [2.75, 3.05) is 13.1 Å². The molecule has 4 rings (SSSR count). The quantitative estimate of drug-likeness (QED) is 0.825. The second-order valence-corrected chi connectivity index (χ2v) is 7.93. The number of hydrogen-bond donors (Lipinski definition) is 1. The van der Waals surface area contributed by atoms with Gasteiger partial charge >= 0.3 is 0 Å². The van der Waals surface area contributed by atoms with Crippen LogP contribution in [-0.2, 0) is 4.79 Å². The number of nitrogens with one attached hydrogen (secondary N) is 1. The number of likely N-dealkylation sites (tertiary alicyclic amines) is 1. The van der Waals surface area contributed by atoms with Crippen LogP contribution < -0.4 is 5.32 Å². The van der Waals surface area contributed by atoms with Gasteiger partial charge in [-0.15, -0.1) is 0 Å². The molecule has 27 heavy (non-hydrogen) atoms. The first-order valence-corrected chi connectivity index (χ1v) is 10.4. The molecule has 5 heteroatoms. The van der Waals surface area contributed by atoms with Crippen LogP contribution in [0.3, 0.4) is 0 Å². The molecule has 1 aromatic heterocycles. The van der Waals surface area contributed by atoms with E-state index in [-0.39, 0.29) is 11.9 Å². The topological polar surface area (TPSA) is 50.2 Å². The molecular weight excluding hydrogens is 336 g/mol. The fourth-order valence-electron chi connectivity index (χ4n) is 4.63. The van der Waals surface area contributed by atoms with E-state index in [2.05, 4.69) is 15.3 Å². The van der Waals surface area contributed by atoms with Gasteiger partial charge in [0, 0.05) is 37.6 Å². The Balaban J connectivity index is 1.41. The van der Waals surface area contributed by atoms with Crippen molar-refractivity contribution in [3.63, 3.8) is 0 Å². The molecule has 2 heterocycles. The predicted octanol–water partition coefficient (Wildman–Crippen LogP) is 3.39. The number of nitrogens with zero attached hydrogens (tertiary/aromatic N) is 3. The zero-order valence-electron chi connectivity index (χ0n) is 16.0. The third kappa shape index (κ3) is 4.41. The van der Waals surface area contributed by atoms with Crippen LogP contribution >= 0.6 is 0 Å². The molecule has 1 saturated carbocycles. The highest BCUT2D eigenvalue weighted by Gasteiger charge is 2.31. The predicted molar refractivity (Wildman–Crippen MR) is 106 cm³/mol. The van der Waals surface area contributed by atoms with Gasteiger partial charge in [-0.1, -0.05) is 56.0 Å². The van der Waals surface area contributed by atoms with E-state index in [1.54, 1.807) is 10.9 Å². The van der Waals surface area contributed by atoms with E-state index in [1.165, 1.54) is 38.5 Å². The summed E-state index contributed by atoms with van der Waals surface area (Å²) in [5, 5.41) is 7.64. The lowest BCUT2D eigenvalue weighted by Crippen LogP contribution is -2.43. The van der Waals surface area contributed by atoms with Crippen LogP contribution in [0.1, 0.15) is 56.6 Å². The van der Waals surface area contributed by atoms with Crippen LogP contribution in [0.4, 0.5) is 0 Å². The summed E-state index contributed by atoms with van der Waals surface area (Å²) < 4.78 is 1.75. The van der Waals surface area contributed by atoms with E-state index in [0.717, 1.165) is 25.1 Å². The molecular formula is C22H30N4O. The lowest BCUT2D eigenvalue weighted by Gasteiger charge is -2.27. The van der Waals surface area contributed by atoms with Crippen molar-refractivity contribution in [1.29, 1.82) is 0 Å². The number of carbonyl (C=O) groups excluding carboxylic acids is 1. The summed E-state index contributed by atoms with van der Waals surface area (Å²) in [7, 11) is 0. The summed E-state index contributed by atoms with van der Waals surface area (Å²) in [6.07, 6.45) is 12.8. The standard InChI is InChI=1S/C22H30N4O/c27-22(21(26-15-8-14-23-26)18-9-4-3-5-10-18)24-19-13-16-25(17-19)20-11-6-1-2-7-12-20/h3-5,8-10,14-15,19-21H,1-2,6-7,11-13,16-17H2,(H,24,27). The van der Waals surface area contributed by atoms with Gasteiger partial charge in [0.15, 0.2) is 6.04 Å². The Kier molecular flexibility index (Phi) is 5.87. The molecule has 1 aliphatic carbocycles. The summed E-state index contributed by atoms with van der Waals surface area (Å²) in [4.78, 5) is 15.8. The number of rotatable bonds is 5. The lowest BCUT2D eigenvalue weighted by atomic mass is 10.1. The Morgan fingerprint density at radius 3 is 2.52 bits per heavy atom. The van der Waals surface area contributed by atoms with Crippen molar-refractivity contribution in [3.05, 3.63) is 54.4 Å². The number of aromatic nitrogens is 2. The molecule has 1 aromatic carbocycles. The summed E-state index contributed by atoms with van der Waals surface area (Å²) in [6.45, 7) is 2.09. The monoisotopic (exact) mass is 366 g/mol. The van der Waals surface area contributed by atoms with Crippen LogP contribution in [0.2, 0.25) is 0 Å². The Morgan fingerprint density at radius 1 is 1.04 bits per heavy atom. The van der Waals surface area contributed by atoms with Crippen LogP contribution in [0, 0.1) is 0 Å². The normalized spacial score (nSPS) is 23.0. The smallest absolute Gasteiger partial charge is 0.249 e. The van der Waals surface area contributed by atoms with Gasteiger partial charge in [0.1, 0.15) is 0 Å². The molecule has 1 N–H and O–H groups in total. The van der Waals surface area contributed by atoms with E-state index < -0.39 is 6.04 Å². The van der Waals surface area contributed by atoms with E-state index in [1.807, 2.05) is 42.6 Å². The maximum atomic E-state index is 13.1. The summed E-state index contributed by atoms with van der Waals surface area (Å²) in [6, 6.07) is 12.3. The number of benzene rings is 1. The van der Waals surface area contributed by atoms with Gasteiger partial charge in [-0.2, -0.15) is 5.10 Å². The van der Waals surface area contributed by atoms with Gasteiger partial charge in [-0.3, -0.25) is 14.4 Å². The van der Waals surface area contributed by atoms with Gasteiger partial charge in [-0.05, 0) is 30.9 Å². The van der Waals surface area contributed by atoms with Gasteiger partial charge in [0.05, 0.1) is 0 Å². The van der Waals surface area contributed by atoms with Crippen LogP contribution in [0.25, 0.3) is 0 Å². The SMILES string of the molecule is O=C(NC1CCN(C2CCCCCC2)C1)C(c1ccccc1)n1cccn1. The maximum absolute atomic E-state index is 13.1. The van der Waals surface area contributed by atoms with Crippen molar-refractivity contribution in [2.45, 2.75) is 63.1 Å². The summed E-state index contributed by atoms with van der Waals surface area (Å²) in [5.41, 5.74) is 0.970. The van der Waals surface area contributed by atoms with Crippen LogP contribution in [-0.4, -0.2) is 45.8 Å². The minimum Gasteiger partial charge on any atom is -0.350 e. The van der Waals surface area contributed by atoms with Crippen molar-refractivity contribution in [3.8, 4) is 0 Å². The number of hydrogen-bond acceptors (Lipinski definition) is 3. The molecule has 2 aliphatic rings. The number of amides is 1. The van der Waals surface area contributed by atoms with E-state index in [9.17, 15) is 4.79 Å². The molecule has 0 spiro atoms. The molecule has 144 valence electrons. The zero-order chi connectivity index (χ0) is 18.5. The van der Waals surface area contributed by atoms with Crippen molar-refractivity contribution in [2.24, 2.45) is 0 Å². The second-order valence-electron chi connectivity index (χ2n) is 7.93. The van der Waals surface area contributed by atoms with Gasteiger partial charge in [-0.25, -0.2) is 0 Å². The van der Waals surface area contributed by atoms with Crippen LogP contribution in [0.5, 0.6) is 0 Å². The highest BCUT2D eigenvalue weighted by Crippen LogP contribution is 2.25. The molecule has 0 bridgehead atoms. The maximum Gasteiger partial charge on any atom is 0.249 e. The zero-order valence-corrected chi connectivity index (χ0v) is 16.0. The Bertz CT molecular complexity index is 707. The molecule has 2 fully saturated rings. The van der Waals surface area contributed by atoms with Crippen molar-refractivity contribution < 1.29 is 4.79 Å². The third-order valence-electron chi connectivity index (χ3n) is 6.06. The highest BCUT2D eigenvalue weighted by molar-refractivity contribution is 5.83. The molecule has 2 unspecified atom stereocenters. The van der Waals surface area contributed by atoms with E-state index in [4.69, 9.17) is 0 Å². The molecule has 2 aromatic rings. The lowest BCUT2D eigenvalue weighted by molar-refractivity contribution is -0.124. The average Bonchev–Trinajstić information content (AvgIpc) is 3.30. The van der Waals surface area contributed by atoms with Gasteiger partial charge in [0.2, 0.25) is 5.91 Å². The highest BCUT2D eigenvalue weighted by atomic mass is 16.2. The summed E-state index contributed by atoms with van der Waals surface area (Å²) >= 11 is 0. The fraction of sp³-hybridized carbons (Fsp3) is 0.545. The minimum absolute atomic E-state index is 0.0395. The first-order valence-electron chi connectivity index (χ1n) is 10.4. The largest absolute Gasteiger partial charge is 0.350 e. The minimum atomic E-state index is -0.409. The summed E-state index contributed by atoms with van der Waals surface area (Å²) in [5.74, 6) is 0.0395. The third-order valence-corrected chi connectivity index (χ3v) is 6.06. The van der Waals surface area contributed by atoms with Crippen molar-refractivity contribution in [1.82, 2.24) is 20.0 Å².